The Balaban J connectivity index is 1.43. The zero-order chi connectivity index (χ0) is 27.0. The van der Waals surface area contributed by atoms with Gasteiger partial charge in [-0.2, -0.15) is 4.98 Å². The Hall–Kier alpha value is -4.01. The van der Waals surface area contributed by atoms with Gasteiger partial charge in [0.1, 0.15) is 17.6 Å². The van der Waals surface area contributed by atoms with Crippen LogP contribution in [-0.4, -0.2) is 89.7 Å². The molecule has 1 saturated heterocycles. The van der Waals surface area contributed by atoms with Gasteiger partial charge in [-0.15, -0.1) is 10.2 Å². The number of aromatic nitrogens is 7. The van der Waals surface area contributed by atoms with E-state index in [1.54, 1.807) is 23.9 Å². The number of hydrogen-bond donors (Lipinski definition) is 3. The van der Waals surface area contributed by atoms with Gasteiger partial charge in [0.15, 0.2) is 17.3 Å². The van der Waals surface area contributed by atoms with Crippen molar-refractivity contribution in [3.05, 3.63) is 24.1 Å². The molecule has 15 heteroatoms. The van der Waals surface area contributed by atoms with Crippen LogP contribution in [0.4, 0.5) is 24.9 Å². The Morgan fingerprint density at radius 1 is 1.29 bits per heavy atom. The van der Waals surface area contributed by atoms with E-state index < -0.39 is 36.7 Å². The molecule has 0 radical (unpaired) electrons. The first kappa shape index (κ1) is 25.6. The number of aliphatic hydroxyl groups excluding tert-OH is 1. The number of rotatable bonds is 8. The highest BCUT2D eigenvalue weighted by Gasteiger charge is 2.45. The zero-order valence-corrected chi connectivity index (χ0v) is 20.8. The second-order valence-corrected chi connectivity index (χ2v) is 9.13. The fourth-order valence-corrected chi connectivity index (χ4v) is 4.67. The highest BCUT2D eigenvalue weighted by Crippen LogP contribution is 2.35. The molecule has 1 aliphatic heterocycles. The number of carbonyl (C=O) groups excluding carboxylic acids is 1. The second-order valence-electron chi connectivity index (χ2n) is 9.13. The molecule has 5 rings (SSSR count). The molecule has 1 unspecified atom stereocenters. The molecule has 5 heterocycles. The molecule has 38 heavy (non-hydrogen) atoms. The lowest BCUT2D eigenvalue weighted by molar-refractivity contribution is -0.151. The zero-order valence-electron chi connectivity index (χ0n) is 20.8. The van der Waals surface area contributed by atoms with E-state index >= 15 is 4.39 Å². The Bertz CT molecular complexity index is 1490. The maximum Gasteiger partial charge on any atom is 0.269 e. The van der Waals surface area contributed by atoms with Crippen LogP contribution in [0.2, 0.25) is 0 Å². The monoisotopic (exact) mass is 532 g/mol. The topological polar surface area (TPSA) is 138 Å². The first-order chi connectivity index (χ1) is 18.2. The number of nitrogens with zero attached hydrogens (tertiary/aromatic N) is 8. The maximum absolute atomic E-state index is 15.3. The summed E-state index contributed by atoms with van der Waals surface area (Å²) in [4.78, 5) is 21.6. The van der Waals surface area contributed by atoms with E-state index in [1.807, 2.05) is 6.92 Å². The van der Waals surface area contributed by atoms with Gasteiger partial charge in [-0.25, -0.2) is 27.4 Å². The average Bonchev–Trinajstić information content (AvgIpc) is 3.46. The summed E-state index contributed by atoms with van der Waals surface area (Å²) in [6.45, 7) is 0.990. The quantitative estimate of drug-likeness (QED) is 0.311. The molecule has 4 aromatic rings. The summed E-state index contributed by atoms with van der Waals surface area (Å²) in [5, 5.41) is 27.2. The number of aliphatic hydroxyl groups is 1. The standard InChI is InChI=1S/C23H27F3N10O2/c1-3-7-35-21-16(31-33-35)5-4-15(29-21)18-14(24)10-36-19(18)20(27-2)30-22(32-36)28-9-13-6-8-34(17(38)11-37)12-23(13,25)26/h4-5,10,13,37H,3,6-9,11-12H2,1-2H3,(H2,27,28,30,32). The highest BCUT2D eigenvalue weighted by molar-refractivity contribution is 5.89. The van der Waals surface area contributed by atoms with Crippen molar-refractivity contribution < 1.29 is 23.1 Å². The lowest BCUT2D eigenvalue weighted by Crippen LogP contribution is -2.53. The van der Waals surface area contributed by atoms with Crippen molar-refractivity contribution >= 4 is 34.4 Å². The van der Waals surface area contributed by atoms with Gasteiger partial charge in [0.05, 0.1) is 24.0 Å². The molecule has 0 aliphatic carbocycles. The number of pyridine rings is 1. The van der Waals surface area contributed by atoms with Crippen LogP contribution in [0.25, 0.3) is 27.9 Å². The van der Waals surface area contributed by atoms with Crippen molar-refractivity contribution in [2.45, 2.75) is 32.2 Å². The molecule has 4 aromatic heterocycles. The van der Waals surface area contributed by atoms with Gasteiger partial charge in [0.25, 0.3) is 5.92 Å². The number of hydrogen-bond acceptors (Lipinski definition) is 9. The third kappa shape index (κ3) is 4.57. The van der Waals surface area contributed by atoms with Crippen LogP contribution in [0.1, 0.15) is 19.8 Å². The van der Waals surface area contributed by atoms with E-state index in [-0.39, 0.29) is 36.8 Å². The van der Waals surface area contributed by atoms with Crippen LogP contribution in [0.15, 0.2) is 18.3 Å². The Morgan fingerprint density at radius 2 is 2.11 bits per heavy atom. The average molecular weight is 533 g/mol. The number of piperidine rings is 1. The SMILES string of the molecule is CCCn1nnc2ccc(-c3c(F)cn4nc(NCC5CCN(C(=O)CO)CC5(F)F)nc(NC)c34)nc21. The number of aryl methyl sites for hydroxylation is 1. The van der Waals surface area contributed by atoms with E-state index in [1.165, 1.54) is 10.7 Å². The molecular weight excluding hydrogens is 505 g/mol. The molecule has 1 aliphatic rings. The summed E-state index contributed by atoms with van der Waals surface area (Å²) < 4.78 is 47.6. The molecule has 0 spiro atoms. The van der Waals surface area contributed by atoms with Crippen LogP contribution >= 0.6 is 0 Å². The Labute approximate surface area is 214 Å². The summed E-state index contributed by atoms with van der Waals surface area (Å²) >= 11 is 0. The number of alkyl halides is 2. The van der Waals surface area contributed by atoms with Crippen molar-refractivity contribution in [1.82, 2.24) is 39.5 Å². The lowest BCUT2D eigenvalue weighted by atomic mass is 9.92. The van der Waals surface area contributed by atoms with E-state index in [4.69, 9.17) is 5.11 Å². The Kier molecular flexibility index (Phi) is 6.77. The highest BCUT2D eigenvalue weighted by atomic mass is 19.3. The summed E-state index contributed by atoms with van der Waals surface area (Å²) in [5.74, 6) is -5.25. The molecular formula is C23H27F3N10O2. The van der Waals surface area contributed by atoms with E-state index in [2.05, 4.69) is 36.0 Å². The normalized spacial score (nSPS) is 17.3. The summed E-state index contributed by atoms with van der Waals surface area (Å²) in [6.07, 6.45) is 2.04. The van der Waals surface area contributed by atoms with Crippen LogP contribution in [0, 0.1) is 11.7 Å². The maximum atomic E-state index is 15.3. The number of nitrogens with one attached hydrogen (secondary N) is 2. The van der Waals surface area contributed by atoms with Crippen LogP contribution in [-0.2, 0) is 11.3 Å². The minimum absolute atomic E-state index is 0.0293. The summed E-state index contributed by atoms with van der Waals surface area (Å²) in [7, 11) is 1.61. The number of fused-ring (bicyclic) bond motifs is 2. The molecule has 1 amide bonds. The number of anilines is 2. The van der Waals surface area contributed by atoms with Crippen LogP contribution in [0.5, 0.6) is 0 Å². The van der Waals surface area contributed by atoms with Gasteiger partial charge in [-0.1, -0.05) is 12.1 Å². The van der Waals surface area contributed by atoms with Crippen LogP contribution in [0.3, 0.4) is 0 Å². The van der Waals surface area contributed by atoms with Gasteiger partial charge in [-0.05, 0) is 25.0 Å². The fraction of sp³-hybridized carbons (Fsp3) is 0.478. The summed E-state index contributed by atoms with van der Waals surface area (Å²) in [5.41, 5.74) is 1.98. The van der Waals surface area contributed by atoms with E-state index in [0.29, 0.717) is 28.9 Å². The van der Waals surface area contributed by atoms with Crippen molar-refractivity contribution in [1.29, 1.82) is 0 Å². The predicted molar refractivity (Wildman–Crippen MR) is 132 cm³/mol. The number of likely N-dealkylation sites (tertiary alicyclic amines) is 1. The van der Waals surface area contributed by atoms with Gasteiger partial charge in [0, 0.05) is 32.6 Å². The van der Waals surface area contributed by atoms with Crippen molar-refractivity contribution in [3.8, 4) is 11.3 Å². The van der Waals surface area contributed by atoms with Gasteiger partial charge in [0.2, 0.25) is 11.9 Å². The first-order valence-corrected chi connectivity index (χ1v) is 12.2. The molecule has 3 N–H and O–H groups in total. The lowest BCUT2D eigenvalue weighted by Gasteiger charge is -2.38. The largest absolute Gasteiger partial charge is 0.387 e. The number of carbonyl (C=O) groups is 1. The van der Waals surface area contributed by atoms with Crippen molar-refractivity contribution in [2.75, 3.05) is 43.9 Å². The van der Waals surface area contributed by atoms with Gasteiger partial charge < -0.3 is 20.6 Å². The van der Waals surface area contributed by atoms with Gasteiger partial charge in [-0.3, -0.25) is 4.79 Å². The van der Waals surface area contributed by atoms with Crippen molar-refractivity contribution in [2.24, 2.45) is 5.92 Å². The third-order valence-electron chi connectivity index (χ3n) is 6.61. The molecule has 12 nitrogen and oxygen atoms in total. The summed E-state index contributed by atoms with van der Waals surface area (Å²) in [6, 6.07) is 3.36. The predicted octanol–water partition coefficient (Wildman–Crippen LogP) is 2.01. The van der Waals surface area contributed by atoms with Crippen LogP contribution < -0.4 is 10.6 Å². The van der Waals surface area contributed by atoms with E-state index in [0.717, 1.165) is 11.3 Å². The minimum atomic E-state index is -3.16. The van der Waals surface area contributed by atoms with Gasteiger partial charge >= 0.3 is 0 Å². The molecule has 1 atom stereocenters. The minimum Gasteiger partial charge on any atom is -0.387 e. The Morgan fingerprint density at radius 3 is 2.82 bits per heavy atom. The van der Waals surface area contributed by atoms with E-state index in [9.17, 15) is 13.6 Å². The number of halogens is 3. The molecule has 202 valence electrons. The third-order valence-corrected chi connectivity index (χ3v) is 6.61. The molecule has 0 aromatic carbocycles. The molecule has 0 bridgehead atoms. The van der Waals surface area contributed by atoms with Crippen molar-refractivity contribution in [3.63, 3.8) is 0 Å². The first-order valence-electron chi connectivity index (χ1n) is 12.2. The fourth-order valence-electron chi connectivity index (χ4n) is 4.67. The second kappa shape index (κ2) is 10.0. The smallest absolute Gasteiger partial charge is 0.269 e. The molecule has 1 fully saturated rings. The molecule has 0 saturated carbocycles. The number of amides is 1.